The van der Waals surface area contributed by atoms with Crippen molar-refractivity contribution in [2.24, 2.45) is 7.05 Å². The highest BCUT2D eigenvalue weighted by Crippen LogP contribution is 2.28. The van der Waals surface area contributed by atoms with Crippen LogP contribution in [0.3, 0.4) is 0 Å². The van der Waals surface area contributed by atoms with Crippen molar-refractivity contribution in [2.45, 2.75) is 36.2 Å². The summed E-state index contributed by atoms with van der Waals surface area (Å²) in [5, 5.41) is 14.3. The average molecular weight is 481 g/mol. The monoisotopic (exact) mass is 480 g/mol. The fraction of sp³-hybridized carbons (Fsp3) is 0.350. The van der Waals surface area contributed by atoms with E-state index in [0.717, 1.165) is 5.69 Å². The first-order valence-corrected chi connectivity index (χ1v) is 12.6. The molecule has 0 bridgehead atoms. The van der Waals surface area contributed by atoms with Crippen LogP contribution in [0.25, 0.3) is 11.4 Å². The highest BCUT2D eigenvalue weighted by Gasteiger charge is 2.23. The number of thioether (sulfide) groups is 1. The minimum atomic E-state index is -3.57. The van der Waals surface area contributed by atoms with Gasteiger partial charge in [-0.15, -0.1) is 16.8 Å². The summed E-state index contributed by atoms with van der Waals surface area (Å²) in [6.45, 7) is 8.78. The van der Waals surface area contributed by atoms with Crippen LogP contribution in [-0.4, -0.2) is 50.4 Å². The average Bonchev–Trinajstić information content (AvgIpc) is 3.30. The number of hydrogen-bond acceptors (Lipinski definition) is 6. The molecule has 31 heavy (non-hydrogen) atoms. The smallest absolute Gasteiger partial charge is 0.243 e. The Morgan fingerprint density at radius 1 is 1.23 bits per heavy atom. The van der Waals surface area contributed by atoms with Crippen LogP contribution >= 0.6 is 23.4 Å². The molecule has 1 aromatic carbocycles. The lowest BCUT2D eigenvalue weighted by atomic mass is 10.2. The molecule has 2 heterocycles. The Labute approximate surface area is 192 Å². The molecule has 0 saturated carbocycles. The van der Waals surface area contributed by atoms with Gasteiger partial charge >= 0.3 is 0 Å². The van der Waals surface area contributed by atoms with E-state index in [1.807, 2.05) is 30.5 Å². The van der Waals surface area contributed by atoms with Gasteiger partial charge in [0.05, 0.1) is 10.6 Å². The van der Waals surface area contributed by atoms with Gasteiger partial charge in [-0.25, -0.2) is 8.42 Å². The number of aromatic nitrogens is 5. The largest absolute Gasteiger partial charge is 0.298 e. The summed E-state index contributed by atoms with van der Waals surface area (Å²) in [6.07, 6.45) is 1.76. The molecule has 0 unspecified atom stereocenters. The Kier molecular flexibility index (Phi) is 7.58. The van der Waals surface area contributed by atoms with Crippen LogP contribution in [0.1, 0.15) is 19.5 Å². The molecule has 8 nitrogen and oxygen atoms in total. The van der Waals surface area contributed by atoms with E-state index in [1.165, 1.54) is 16.1 Å². The number of allylic oxidation sites excluding steroid dienone is 1. The molecule has 0 aliphatic rings. The first-order chi connectivity index (χ1) is 14.8. The molecule has 11 heteroatoms. The van der Waals surface area contributed by atoms with Crippen molar-refractivity contribution in [1.82, 2.24) is 28.9 Å². The Hall–Kier alpha value is -2.14. The maximum absolute atomic E-state index is 12.9. The zero-order chi connectivity index (χ0) is 22.6. The summed E-state index contributed by atoms with van der Waals surface area (Å²) < 4.78 is 30.8. The van der Waals surface area contributed by atoms with Crippen LogP contribution in [0.15, 0.2) is 53.0 Å². The number of hydrogen-bond donors (Lipinski definition) is 0. The van der Waals surface area contributed by atoms with Gasteiger partial charge in [-0.2, -0.15) is 9.40 Å². The van der Waals surface area contributed by atoms with Crippen molar-refractivity contribution in [3.05, 3.63) is 53.8 Å². The second kappa shape index (κ2) is 9.99. The molecular weight excluding hydrogens is 456 g/mol. The number of halogens is 1. The van der Waals surface area contributed by atoms with Crippen LogP contribution in [0.5, 0.6) is 0 Å². The van der Waals surface area contributed by atoms with Gasteiger partial charge < -0.3 is 0 Å². The van der Waals surface area contributed by atoms with Gasteiger partial charge in [0.1, 0.15) is 5.15 Å². The molecule has 0 amide bonds. The summed E-state index contributed by atoms with van der Waals surface area (Å²) in [5.74, 6) is 1.16. The second-order valence-electron chi connectivity index (χ2n) is 6.69. The normalized spacial score (nSPS) is 11.9. The van der Waals surface area contributed by atoms with Crippen LogP contribution in [-0.2, 0) is 29.4 Å². The Morgan fingerprint density at radius 3 is 2.58 bits per heavy atom. The molecule has 0 spiro atoms. The van der Waals surface area contributed by atoms with Crippen molar-refractivity contribution >= 4 is 33.4 Å². The van der Waals surface area contributed by atoms with E-state index < -0.39 is 10.0 Å². The Balaban J connectivity index is 1.93. The summed E-state index contributed by atoms with van der Waals surface area (Å²) >= 11 is 7.54. The van der Waals surface area contributed by atoms with Gasteiger partial charge in [0, 0.05) is 38.0 Å². The van der Waals surface area contributed by atoms with Gasteiger partial charge in [0.25, 0.3) is 0 Å². The number of benzene rings is 1. The first kappa shape index (κ1) is 23.5. The molecule has 0 aliphatic heterocycles. The summed E-state index contributed by atoms with van der Waals surface area (Å²) in [4.78, 5) is 0.235. The Bertz CT molecular complexity index is 1150. The maximum atomic E-state index is 12.9. The van der Waals surface area contributed by atoms with E-state index in [2.05, 4.69) is 21.9 Å². The van der Waals surface area contributed by atoms with Crippen LogP contribution in [0.4, 0.5) is 0 Å². The molecule has 0 atom stereocenters. The highest BCUT2D eigenvalue weighted by molar-refractivity contribution is 7.98. The van der Waals surface area contributed by atoms with Crippen LogP contribution in [0.2, 0.25) is 5.15 Å². The molecule has 0 N–H and O–H groups in total. The van der Waals surface area contributed by atoms with E-state index in [4.69, 9.17) is 11.6 Å². The summed E-state index contributed by atoms with van der Waals surface area (Å²) in [6, 6.07) is 8.61. The fourth-order valence-corrected chi connectivity index (χ4v) is 5.62. The molecule has 0 fully saturated rings. The lowest BCUT2D eigenvalue weighted by molar-refractivity contribution is 0.445. The fourth-order valence-electron chi connectivity index (χ4n) is 3.12. The number of nitrogens with zero attached hydrogens (tertiary/aromatic N) is 6. The van der Waals surface area contributed by atoms with Gasteiger partial charge in [0.15, 0.2) is 11.0 Å². The molecule has 3 aromatic rings. The highest BCUT2D eigenvalue weighted by atomic mass is 35.5. The van der Waals surface area contributed by atoms with Crippen molar-refractivity contribution in [3.8, 4) is 11.4 Å². The molecular formula is C20H25ClN6O2S2. The molecule has 3 rings (SSSR count). The molecule has 166 valence electrons. The number of rotatable bonds is 10. The predicted octanol–water partition coefficient (Wildman–Crippen LogP) is 3.84. The molecule has 0 radical (unpaired) electrons. The molecule has 2 aromatic heterocycles. The third-order valence-corrected chi connectivity index (χ3v) is 8.09. The van der Waals surface area contributed by atoms with Crippen molar-refractivity contribution in [2.75, 3.05) is 13.1 Å². The van der Waals surface area contributed by atoms with Gasteiger partial charge in [-0.1, -0.05) is 55.4 Å². The van der Waals surface area contributed by atoms with Crippen LogP contribution in [0, 0.1) is 0 Å². The quantitative estimate of drug-likeness (QED) is 0.323. The number of sulfonamides is 1. The van der Waals surface area contributed by atoms with Crippen LogP contribution < -0.4 is 0 Å². The minimum Gasteiger partial charge on any atom is -0.298 e. The van der Waals surface area contributed by atoms with E-state index in [0.29, 0.717) is 47.1 Å². The third kappa shape index (κ3) is 5.03. The number of aryl methyl sites for hydroxylation is 1. The van der Waals surface area contributed by atoms with Gasteiger partial charge in [-0.05, 0) is 18.2 Å². The van der Waals surface area contributed by atoms with Gasteiger partial charge in [-0.3, -0.25) is 9.25 Å². The summed E-state index contributed by atoms with van der Waals surface area (Å²) in [5.41, 5.74) is 1.51. The topological polar surface area (TPSA) is 85.9 Å². The minimum absolute atomic E-state index is 0.235. The second-order valence-corrected chi connectivity index (χ2v) is 9.96. The van der Waals surface area contributed by atoms with E-state index >= 15 is 0 Å². The molecule has 0 aliphatic carbocycles. The zero-order valence-corrected chi connectivity index (χ0v) is 20.1. The lowest BCUT2D eigenvalue weighted by Gasteiger charge is -2.18. The summed E-state index contributed by atoms with van der Waals surface area (Å²) in [7, 11) is -1.78. The molecule has 0 saturated heterocycles. The van der Waals surface area contributed by atoms with E-state index in [1.54, 1.807) is 36.0 Å². The van der Waals surface area contributed by atoms with E-state index in [-0.39, 0.29) is 4.90 Å². The maximum Gasteiger partial charge on any atom is 0.243 e. The SMILES string of the molecule is C=CCn1c(SCc2cc(Cl)n(C)n2)nnc1-c1cccc(S(=O)(=O)N(CC)CC)c1. The third-order valence-electron chi connectivity index (χ3n) is 4.69. The standard InChI is InChI=1S/C20H25ClN6O2S2/c1-5-11-27-19(22-23-20(27)30-14-16-13-18(21)25(4)24-16)15-9-8-10-17(12-15)31(28,29)26(6-2)7-3/h5,8-10,12-13H,1,6-7,11,14H2,2-4H3. The van der Waals surface area contributed by atoms with E-state index in [9.17, 15) is 8.42 Å². The van der Waals surface area contributed by atoms with Crippen molar-refractivity contribution < 1.29 is 8.42 Å². The zero-order valence-electron chi connectivity index (χ0n) is 17.7. The van der Waals surface area contributed by atoms with Crippen molar-refractivity contribution in [3.63, 3.8) is 0 Å². The van der Waals surface area contributed by atoms with Gasteiger partial charge in [0.2, 0.25) is 10.0 Å². The first-order valence-electron chi connectivity index (χ1n) is 9.77. The predicted molar refractivity (Wildman–Crippen MR) is 124 cm³/mol. The lowest BCUT2D eigenvalue weighted by Crippen LogP contribution is -2.30. The Morgan fingerprint density at radius 2 is 1.97 bits per heavy atom. The van der Waals surface area contributed by atoms with Crippen molar-refractivity contribution in [1.29, 1.82) is 0 Å².